The van der Waals surface area contributed by atoms with Crippen LogP contribution in [0, 0.1) is 0 Å². The fourth-order valence-corrected chi connectivity index (χ4v) is 4.05. The zero-order valence-corrected chi connectivity index (χ0v) is 12.7. The molecule has 1 aromatic carbocycles. The summed E-state index contributed by atoms with van der Waals surface area (Å²) >= 11 is 0. The van der Waals surface area contributed by atoms with Gasteiger partial charge in [0.25, 0.3) is 0 Å². The first-order valence-electron chi connectivity index (χ1n) is 8.44. The van der Waals surface area contributed by atoms with E-state index in [2.05, 4.69) is 11.0 Å². The third-order valence-electron chi connectivity index (χ3n) is 5.20. The molecule has 0 heterocycles. The average Bonchev–Trinajstić information content (AvgIpc) is 3.00. The predicted molar refractivity (Wildman–Crippen MR) is 84.2 cm³/mol. The number of phenolic OH excluding ortho intramolecular Hbond substituents is 1. The van der Waals surface area contributed by atoms with E-state index in [1.807, 2.05) is 12.1 Å². The maximum absolute atomic E-state index is 9.75. The zero-order valence-electron chi connectivity index (χ0n) is 12.7. The van der Waals surface area contributed by atoms with Crippen LogP contribution in [0.15, 0.2) is 24.3 Å². The second-order valence-electron chi connectivity index (χ2n) is 6.74. The lowest BCUT2D eigenvalue weighted by Crippen LogP contribution is -2.44. The molecule has 2 fully saturated rings. The van der Waals surface area contributed by atoms with Crippen LogP contribution in [0.5, 0.6) is 5.75 Å². The fraction of sp³-hybridized carbons (Fsp3) is 0.667. The third-order valence-corrected chi connectivity index (χ3v) is 5.20. The van der Waals surface area contributed by atoms with Gasteiger partial charge in [0, 0.05) is 18.6 Å². The largest absolute Gasteiger partial charge is 0.508 e. The summed E-state index contributed by atoms with van der Waals surface area (Å²) in [5.74, 6) is 0.359. The van der Waals surface area contributed by atoms with Crippen molar-refractivity contribution in [2.45, 2.75) is 76.1 Å². The van der Waals surface area contributed by atoms with Crippen LogP contribution in [0.2, 0.25) is 0 Å². The molecule has 0 aromatic heterocycles. The Kier molecular flexibility index (Phi) is 4.81. The molecule has 0 amide bonds. The number of phenols is 1. The lowest BCUT2D eigenvalue weighted by Gasteiger charge is -2.39. The molecule has 0 atom stereocenters. The Morgan fingerprint density at radius 2 is 1.62 bits per heavy atom. The van der Waals surface area contributed by atoms with E-state index in [0.717, 1.165) is 32.2 Å². The van der Waals surface area contributed by atoms with E-state index in [1.165, 1.54) is 31.2 Å². The van der Waals surface area contributed by atoms with E-state index in [-0.39, 0.29) is 6.10 Å². The second-order valence-corrected chi connectivity index (χ2v) is 6.74. The summed E-state index contributed by atoms with van der Waals surface area (Å²) < 4.78 is 0. The average molecular weight is 289 g/mol. The van der Waals surface area contributed by atoms with Gasteiger partial charge in [-0.1, -0.05) is 25.0 Å². The molecule has 21 heavy (non-hydrogen) atoms. The van der Waals surface area contributed by atoms with Gasteiger partial charge in [-0.25, -0.2) is 0 Å². The summed E-state index contributed by atoms with van der Waals surface area (Å²) in [7, 11) is 0. The smallest absolute Gasteiger partial charge is 0.115 e. The SMILES string of the molecule is Oc1cccc(CN(C2CCCC2)C2CCC(O)CC2)c1. The van der Waals surface area contributed by atoms with Gasteiger partial charge >= 0.3 is 0 Å². The number of aliphatic hydroxyl groups excluding tert-OH is 1. The Morgan fingerprint density at radius 1 is 0.952 bits per heavy atom. The molecule has 0 unspecified atom stereocenters. The van der Waals surface area contributed by atoms with Gasteiger partial charge in [-0.3, -0.25) is 4.90 Å². The molecule has 0 saturated heterocycles. The van der Waals surface area contributed by atoms with Crippen molar-refractivity contribution in [1.29, 1.82) is 0 Å². The Hall–Kier alpha value is -1.06. The molecule has 1 aromatic rings. The van der Waals surface area contributed by atoms with E-state index in [1.54, 1.807) is 6.07 Å². The Morgan fingerprint density at radius 3 is 2.29 bits per heavy atom. The minimum atomic E-state index is -0.0903. The van der Waals surface area contributed by atoms with E-state index in [0.29, 0.717) is 17.8 Å². The Bertz CT molecular complexity index is 448. The highest BCUT2D eigenvalue weighted by atomic mass is 16.3. The summed E-state index contributed by atoms with van der Waals surface area (Å²) in [6.07, 6.45) is 9.30. The molecule has 0 radical (unpaired) electrons. The number of aromatic hydroxyl groups is 1. The Labute approximate surface area is 127 Å². The number of benzene rings is 1. The van der Waals surface area contributed by atoms with Gasteiger partial charge in [0.1, 0.15) is 5.75 Å². The summed E-state index contributed by atoms with van der Waals surface area (Å²) in [6, 6.07) is 8.95. The van der Waals surface area contributed by atoms with Crippen molar-refractivity contribution in [1.82, 2.24) is 4.90 Å². The molecular formula is C18H27NO2. The number of hydrogen-bond acceptors (Lipinski definition) is 3. The van der Waals surface area contributed by atoms with Crippen LogP contribution in [-0.2, 0) is 6.54 Å². The number of nitrogens with zero attached hydrogens (tertiary/aromatic N) is 1. The molecule has 2 aliphatic carbocycles. The lowest BCUT2D eigenvalue weighted by molar-refractivity contribution is 0.0480. The first-order chi connectivity index (χ1) is 10.2. The molecular weight excluding hydrogens is 262 g/mol. The summed E-state index contributed by atoms with van der Waals surface area (Å²) in [5.41, 5.74) is 1.20. The van der Waals surface area contributed by atoms with Crippen molar-refractivity contribution >= 4 is 0 Å². The van der Waals surface area contributed by atoms with Gasteiger partial charge in [0.2, 0.25) is 0 Å². The van der Waals surface area contributed by atoms with E-state index >= 15 is 0 Å². The molecule has 2 aliphatic rings. The number of rotatable bonds is 4. The maximum Gasteiger partial charge on any atom is 0.115 e. The van der Waals surface area contributed by atoms with Crippen molar-refractivity contribution in [2.24, 2.45) is 0 Å². The first-order valence-corrected chi connectivity index (χ1v) is 8.44. The van der Waals surface area contributed by atoms with Crippen LogP contribution in [-0.4, -0.2) is 33.3 Å². The molecule has 3 nitrogen and oxygen atoms in total. The molecule has 116 valence electrons. The van der Waals surface area contributed by atoms with Crippen molar-refractivity contribution < 1.29 is 10.2 Å². The van der Waals surface area contributed by atoms with Crippen molar-refractivity contribution in [3.8, 4) is 5.75 Å². The van der Waals surface area contributed by atoms with E-state index < -0.39 is 0 Å². The Balaban J connectivity index is 1.72. The van der Waals surface area contributed by atoms with E-state index in [9.17, 15) is 10.2 Å². The fourth-order valence-electron chi connectivity index (χ4n) is 4.05. The van der Waals surface area contributed by atoms with Gasteiger partial charge in [-0.2, -0.15) is 0 Å². The highest BCUT2D eigenvalue weighted by Crippen LogP contribution is 2.32. The van der Waals surface area contributed by atoms with Crippen LogP contribution in [0.4, 0.5) is 0 Å². The normalized spacial score (nSPS) is 27.3. The van der Waals surface area contributed by atoms with Crippen molar-refractivity contribution in [3.05, 3.63) is 29.8 Å². The lowest BCUT2D eigenvalue weighted by atomic mass is 9.90. The van der Waals surface area contributed by atoms with Gasteiger partial charge in [-0.15, -0.1) is 0 Å². The van der Waals surface area contributed by atoms with Crippen molar-refractivity contribution in [2.75, 3.05) is 0 Å². The summed E-state index contributed by atoms with van der Waals surface area (Å²) in [4.78, 5) is 2.66. The molecule has 0 aliphatic heterocycles. The van der Waals surface area contributed by atoms with Crippen LogP contribution in [0.3, 0.4) is 0 Å². The van der Waals surface area contributed by atoms with Gasteiger partial charge in [-0.05, 0) is 56.2 Å². The highest BCUT2D eigenvalue weighted by Gasteiger charge is 2.31. The molecule has 3 heteroatoms. The van der Waals surface area contributed by atoms with Gasteiger partial charge in [0.15, 0.2) is 0 Å². The summed E-state index contributed by atoms with van der Waals surface area (Å²) in [6.45, 7) is 0.930. The quantitative estimate of drug-likeness (QED) is 0.892. The van der Waals surface area contributed by atoms with Gasteiger partial charge in [0.05, 0.1) is 6.10 Å². The minimum Gasteiger partial charge on any atom is -0.508 e. The third kappa shape index (κ3) is 3.78. The van der Waals surface area contributed by atoms with E-state index in [4.69, 9.17) is 0 Å². The molecule has 3 rings (SSSR count). The summed E-state index contributed by atoms with van der Waals surface area (Å²) in [5, 5.41) is 19.4. The molecule has 2 saturated carbocycles. The topological polar surface area (TPSA) is 43.7 Å². The molecule has 0 spiro atoms. The first kappa shape index (κ1) is 14.9. The molecule has 0 bridgehead atoms. The van der Waals surface area contributed by atoms with Crippen molar-refractivity contribution in [3.63, 3.8) is 0 Å². The standard InChI is InChI=1S/C18H27NO2/c20-17-10-8-16(9-11-17)19(15-5-1-2-6-15)13-14-4-3-7-18(21)12-14/h3-4,7,12,15-17,20-21H,1-2,5-6,8-11,13H2. The second kappa shape index (κ2) is 6.80. The minimum absolute atomic E-state index is 0.0903. The van der Waals surface area contributed by atoms with Crippen LogP contribution in [0.25, 0.3) is 0 Å². The predicted octanol–water partition coefficient (Wildman–Crippen LogP) is 3.44. The maximum atomic E-state index is 9.75. The highest BCUT2D eigenvalue weighted by molar-refractivity contribution is 5.27. The van der Waals surface area contributed by atoms with Crippen LogP contribution < -0.4 is 0 Å². The number of hydrogen-bond donors (Lipinski definition) is 2. The van der Waals surface area contributed by atoms with Crippen LogP contribution >= 0.6 is 0 Å². The number of aliphatic hydroxyl groups is 1. The molecule has 2 N–H and O–H groups in total. The van der Waals surface area contributed by atoms with Gasteiger partial charge < -0.3 is 10.2 Å². The van der Waals surface area contributed by atoms with Crippen LogP contribution in [0.1, 0.15) is 56.9 Å². The monoisotopic (exact) mass is 289 g/mol. The zero-order chi connectivity index (χ0) is 14.7.